The number of amides is 1. The van der Waals surface area contributed by atoms with E-state index < -0.39 is 86.5 Å². The maximum atomic E-state index is 14.1. The van der Waals surface area contributed by atoms with Crippen molar-refractivity contribution in [1.29, 1.82) is 0 Å². The number of aliphatic carboxylic acids is 1. The fraction of sp³-hybridized carbons (Fsp3) is 0.517. The Balaban J connectivity index is 1.57. The fourth-order valence-electron chi connectivity index (χ4n) is 7.31. The van der Waals surface area contributed by atoms with E-state index in [2.05, 4.69) is 10.6 Å². The molecule has 0 bridgehead atoms. The number of likely N-dealkylation sites (N-methyl/N-ethyl adjacent to an activating group) is 1. The molecule has 5 atom stereocenters. The van der Waals surface area contributed by atoms with E-state index in [-0.39, 0.29) is 24.2 Å². The molecule has 1 aromatic carbocycles. The number of Topliss-reactive ketones (excluding diaryl/α,β-unsaturated/α-hetero) is 2. The predicted molar refractivity (Wildman–Crippen MR) is 146 cm³/mol. The Labute approximate surface area is 241 Å². The van der Waals surface area contributed by atoms with Crippen LogP contribution in [0.2, 0.25) is 0 Å². The zero-order valence-electron chi connectivity index (χ0n) is 23.5. The molecule has 0 radical (unpaired) electrons. The number of phenols is 1. The van der Waals surface area contributed by atoms with Crippen LogP contribution < -0.4 is 10.6 Å². The van der Waals surface area contributed by atoms with E-state index in [0.717, 1.165) is 0 Å². The molecule has 226 valence electrons. The van der Waals surface area contributed by atoms with Crippen molar-refractivity contribution in [2.45, 2.75) is 61.8 Å². The summed E-state index contributed by atoms with van der Waals surface area (Å²) in [4.78, 5) is 54.4. The number of benzene rings is 1. The number of hydrogen-bond acceptors (Lipinski definition) is 11. The molecule has 0 unspecified atom stereocenters. The second kappa shape index (κ2) is 9.90. The Morgan fingerprint density at radius 3 is 2.31 bits per heavy atom. The van der Waals surface area contributed by atoms with E-state index in [0.29, 0.717) is 25.7 Å². The van der Waals surface area contributed by atoms with Crippen molar-refractivity contribution >= 4 is 29.2 Å². The van der Waals surface area contributed by atoms with Gasteiger partial charge in [-0.1, -0.05) is 25.0 Å². The van der Waals surface area contributed by atoms with Crippen LogP contribution in [0.1, 0.15) is 50.2 Å². The van der Waals surface area contributed by atoms with Crippen molar-refractivity contribution < 1.29 is 49.8 Å². The van der Waals surface area contributed by atoms with Crippen molar-refractivity contribution in [2.75, 3.05) is 20.8 Å². The average Bonchev–Trinajstić information content (AvgIpc) is 3.39. The number of carboxylic acid groups (broad SMARTS) is 1. The number of carbonyl (C=O) groups excluding carboxylic acids is 3. The van der Waals surface area contributed by atoms with Crippen LogP contribution in [0.25, 0.3) is 5.76 Å². The highest BCUT2D eigenvalue weighted by Crippen LogP contribution is 2.57. The number of aromatic hydroxyl groups is 1. The van der Waals surface area contributed by atoms with Gasteiger partial charge in [0.1, 0.15) is 28.4 Å². The van der Waals surface area contributed by atoms with Gasteiger partial charge in [0.25, 0.3) is 5.91 Å². The van der Waals surface area contributed by atoms with Gasteiger partial charge in [-0.3, -0.25) is 29.4 Å². The van der Waals surface area contributed by atoms with Crippen molar-refractivity contribution in [1.82, 2.24) is 15.5 Å². The molecular weight excluding hydrogens is 550 g/mol. The number of nitrogens with zero attached hydrogens (tertiary/aromatic N) is 1. The monoisotopic (exact) mass is 585 g/mol. The van der Waals surface area contributed by atoms with Gasteiger partial charge in [-0.25, -0.2) is 0 Å². The summed E-state index contributed by atoms with van der Waals surface area (Å²) in [6, 6.07) is 2.91. The summed E-state index contributed by atoms with van der Waals surface area (Å²) in [6.07, 6.45) is 1.78. The Bertz CT molecular complexity index is 1460. The standard InChI is InChI=1S/C29H35N3O10/c1-27(41)13-7-6-8-16(33)17(13)21(34)18-14(27)11-15-20(32(2)3)22(35)19(24(37)29(15,42)23(18)36)25(38)30-12-31-28(26(39)40)9-4-5-10-28/h6-8,14-15,20,31,33-34,37,41-42H,4-5,9-12H2,1-3H3,(H,30,38)(H,39,40)/t14-,15-,20-,27-,29-/m0/s1. The molecule has 0 aromatic heterocycles. The first kappa shape index (κ1) is 29.7. The van der Waals surface area contributed by atoms with Crippen molar-refractivity contribution in [3.8, 4) is 5.75 Å². The minimum atomic E-state index is -2.84. The molecule has 1 aromatic rings. The van der Waals surface area contributed by atoms with Gasteiger partial charge in [0.2, 0.25) is 5.78 Å². The molecular formula is C29H35N3O10. The Hall–Kier alpha value is -3.78. The number of phenolic OH excluding ortho intramolecular Hbond substituents is 1. The molecule has 13 nitrogen and oxygen atoms in total. The van der Waals surface area contributed by atoms with E-state index in [1.807, 2.05) is 0 Å². The lowest BCUT2D eigenvalue weighted by Gasteiger charge is -2.53. The van der Waals surface area contributed by atoms with Crippen LogP contribution in [0.4, 0.5) is 0 Å². The summed E-state index contributed by atoms with van der Waals surface area (Å²) in [5.74, 6) is -9.08. The average molecular weight is 586 g/mol. The Morgan fingerprint density at radius 2 is 1.71 bits per heavy atom. The van der Waals surface area contributed by atoms with E-state index in [1.165, 1.54) is 44.1 Å². The van der Waals surface area contributed by atoms with Crippen LogP contribution >= 0.6 is 0 Å². The topological polar surface area (TPSA) is 217 Å². The molecule has 0 aliphatic heterocycles. The number of aliphatic hydroxyl groups is 4. The van der Waals surface area contributed by atoms with Gasteiger partial charge in [0.05, 0.1) is 23.9 Å². The third-order valence-electron chi connectivity index (χ3n) is 9.54. The highest BCUT2D eigenvalue weighted by molar-refractivity contribution is 6.25. The summed E-state index contributed by atoms with van der Waals surface area (Å²) < 4.78 is 0. The Kier molecular flexibility index (Phi) is 7.00. The van der Waals surface area contributed by atoms with Gasteiger partial charge in [-0.15, -0.1) is 0 Å². The molecule has 5 rings (SSSR count). The molecule has 0 saturated heterocycles. The van der Waals surface area contributed by atoms with E-state index in [1.54, 1.807) is 0 Å². The van der Waals surface area contributed by atoms with E-state index >= 15 is 0 Å². The van der Waals surface area contributed by atoms with Gasteiger partial charge in [-0.05, 0) is 51.9 Å². The molecule has 1 amide bonds. The number of hydrogen-bond donors (Lipinski definition) is 8. The Morgan fingerprint density at radius 1 is 1.07 bits per heavy atom. The third kappa shape index (κ3) is 3.98. The molecule has 4 aliphatic rings. The van der Waals surface area contributed by atoms with Gasteiger partial charge in [-0.2, -0.15) is 0 Å². The lowest BCUT2D eigenvalue weighted by Crippen LogP contribution is -2.67. The lowest BCUT2D eigenvalue weighted by molar-refractivity contribution is -0.159. The minimum Gasteiger partial charge on any atom is -0.508 e. The fourth-order valence-corrected chi connectivity index (χ4v) is 7.31. The van der Waals surface area contributed by atoms with Gasteiger partial charge in [0, 0.05) is 17.4 Å². The number of ketones is 2. The summed E-state index contributed by atoms with van der Waals surface area (Å²) in [6.45, 7) is 1.02. The molecule has 8 N–H and O–H groups in total. The van der Waals surface area contributed by atoms with Crippen LogP contribution in [0.5, 0.6) is 5.75 Å². The van der Waals surface area contributed by atoms with Crippen LogP contribution in [-0.2, 0) is 24.8 Å². The lowest BCUT2D eigenvalue weighted by atomic mass is 9.54. The first-order chi connectivity index (χ1) is 19.6. The summed E-state index contributed by atoms with van der Waals surface area (Å²) in [5.41, 5.74) is -7.30. The van der Waals surface area contributed by atoms with E-state index in [9.17, 15) is 49.8 Å². The van der Waals surface area contributed by atoms with Crippen LogP contribution in [0.3, 0.4) is 0 Å². The van der Waals surface area contributed by atoms with Crippen LogP contribution in [-0.4, -0.2) is 96.9 Å². The number of carboxylic acids is 1. The zero-order valence-corrected chi connectivity index (χ0v) is 23.5. The van der Waals surface area contributed by atoms with Gasteiger partial charge < -0.3 is 36.0 Å². The molecule has 42 heavy (non-hydrogen) atoms. The number of rotatable bonds is 6. The molecule has 4 aliphatic carbocycles. The van der Waals surface area contributed by atoms with Crippen LogP contribution in [0, 0.1) is 11.8 Å². The van der Waals surface area contributed by atoms with Gasteiger partial charge in [0.15, 0.2) is 11.4 Å². The quantitative estimate of drug-likeness (QED) is 0.166. The first-order valence-corrected chi connectivity index (χ1v) is 13.8. The number of aliphatic hydroxyl groups excluding tert-OH is 2. The molecule has 0 spiro atoms. The van der Waals surface area contributed by atoms with Crippen molar-refractivity contribution in [3.05, 3.63) is 46.2 Å². The number of fused-ring (bicyclic) bond motifs is 3. The molecule has 0 heterocycles. The van der Waals surface area contributed by atoms with Crippen molar-refractivity contribution in [3.63, 3.8) is 0 Å². The highest BCUT2D eigenvalue weighted by atomic mass is 16.4. The third-order valence-corrected chi connectivity index (χ3v) is 9.54. The normalized spacial score (nSPS) is 32.0. The summed E-state index contributed by atoms with van der Waals surface area (Å²) >= 11 is 0. The highest BCUT2D eigenvalue weighted by Gasteiger charge is 2.66. The molecule has 2 fully saturated rings. The smallest absolute Gasteiger partial charge is 0.323 e. The maximum absolute atomic E-state index is 14.1. The van der Waals surface area contributed by atoms with E-state index in [4.69, 9.17) is 0 Å². The zero-order chi connectivity index (χ0) is 30.9. The second-order valence-electron chi connectivity index (χ2n) is 12.0. The SMILES string of the molecule is CN(C)[C@@H]1C(=O)C(C(=O)NCNC2(C(=O)O)CCCC2)=C(O)[C@@]2(O)C(=O)C3=C(O)c4c(O)cccc4[C@](C)(O)[C@H]3C[C@@H]12. The summed E-state index contributed by atoms with van der Waals surface area (Å²) in [7, 11) is 3.00. The largest absolute Gasteiger partial charge is 0.508 e. The second-order valence-corrected chi connectivity index (χ2v) is 12.0. The summed E-state index contributed by atoms with van der Waals surface area (Å²) in [5, 5.41) is 71.4. The molecule has 2 saturated carbocycles. The molecule has 13 heteroatoms. The number of nitrogens with one attached hydrogen (secondary N) is 2. The van der Waals surface area contributed by atoms with Crippen LogP contribution in [0.15, 0.2) is 35.1 Å². The first-order valence-electron chi connectivity index (χ1n) is 13.8. The minimum absolute atomic E-state index is 0.143. The predicted octanol–water partition coefficient (Wildman–Crippen LogP) is 0.204. The number of carbonyl (C=O) groups is 4. The van der Waals surface area contributed by atoms with Gasteiger partial charge >= 0.3 is 5.97 Å². The maximum Gasteiger partial charge on any atom is 0.323 e. The van der Waals surface area contributed by atoms with Crippen molar-refractivity contribution in [2.24, 2.45) is 11.8 Å².